The van der Waals surface area contributed by atoms with E-state index in [0.717, 1.165) is 25.2 Å². The zero-order valence-corrected chi connectivity index (χ0v) is 13.8. The van der Waals surface area contributed by atoms with Crippen molar-refractivity contribution in [2.75, 3.05) is 0 Å². The normalized spacial score (nSPS) is 13.2. The molecule has 0 aliphatic carbocycles. The molecule has 19 heavy (non-hydrogen) atoms. The Labute approximate surface area is 120 Å². The number of rotatable bonds is 5. The monoisotopic (exact) mass is 306 g/mol. The molecular weight excluding hydrogens is 284 g/mol. The summed E-state index contributed by atoms with van der Waals surface area (Å²) in [7, 11) is 1.60. The van der Waals surface area contributed by atoms with Gasteiger partial charge in [-0.1, -0.05) is 34.6 Å². The predicted molar refractivity (Wildman–Crippen MR) is 78.0 cm³/mol. The zero-order valence-electron chi connectivity index (χ0n) is 12.3. The largest absolute Gasteiger partial charge is 0.333 e. The molecule has 0 amide bonds. The number of imidazole rings is 1. The quantitative estimate of drug-likeness (QED) is 0.778. The van der Waals surface area contributed by atoms with Crippen molar-refractivity contribution in [3.8, 4) is 0 Å². The maximum absolute atomic E-state index is 11.3. The van der Waals surface area contributed by atoms with E-state index in [1.807, 2.05) is 18.4 Å². The molecular formula is C13H23ClN2O2S. The molecule has 0 fully saturated rings. The molecule has 1 rings (SSSR count). The van der Waals surface area contributed by atoms with Gasteiger partial charge < -0.3 is 4.57 Å². The Bertz CT molecular complexity index is 527. The van der Waals surface area contributed by atoms with E-state index in [2.05, 4.69) is 25.8 Å². The Hall–Kier alpha value is -0.550. The van der Waals surface area contributed by atoms with Crippen molar-refractivity contribution in [3.05, 3.63) is 12.0 Å². The molecule has 1 aromatic rings. The first-order valence-corrected chi connectivity index (χ1v) is 8.83. The molecule has 0 aliphatic heterocycles. The number of hydrogen-bond acceptors (Lipinski definition) is 3. The van der Waals surface area contributed by atoms with Crippen LogP contribution in [0.5, 0.6) is 0 Å². The van der Waals surface area contributed by atoms with Gasteiger partial charge >= 0.3 is 0 Å². The van der Waals surface area contributed by atoms with Gasteiger partial charge in [0.1, 0.15) is 5.82 Å². The van der Waals surface area contributed by atoms with E-state index in [0.29, 0.717) is 0 Å². The number of aromatic nitrogens is 2. The summed E-state index contributed by atoms with van der Waals surface area (Å²) < 4.78 is 24.6. The van der Waals surface area contributed by atoms with Gasteiger partial charge in [-0.25, -0.2) is 13.4 Å². The van der Waals surface area contributed by atoms with E-state index in [4.69, 9.17) is 10.7 Å². The van der Waals surface area contributed by atoms with Crippen LogP contribution in [0.3, 0.4) is 0 Å². The highest BCUT2D eigenvalue weighted by Gasteiger charge is 2.19. The molecule has 0 spiro atoms. The Morgan fingerprint density at radius 1 is 1.37 bits per heavy atom. The van der Waals surface area contributed by atoms with Crippen molar-refractivity contribution in [1.82, 2.24) is 9.55 Å². The van der Waals surface area contributed by atoms with Crippen molar-refractivity contribution < 1.29 is 8.42 Å². The minimum atomic E-state index is -3.75. The molecule has 0 aromatic carbocycles. The van der Waals surface area contributed by atoms with Crippen molar-refractivity contribution in [3.63, 3.8) is 0 Å². The van der Waals surface area contributed by atoms with Crippen LogP contribution in [0.4, 0.5) is 0 Å². The van der Waals surface area contributed by atoms with E-state index < -0.39 is 9.05 Å². The summed E-state index contributed by atoms with van der Waals surface area (Å²) in [6.45, 7) is 11.3. The molecule has 4 nitrogen and oxygen atoms in total. The lowest BCUT2D eigenvalue weighted by atomic mass is 9.90. The second kappa shape index (κ2) is 5.83. The van der Waals surface area contributed by atoms with Gasteiger partial charge in [-0.05, 0) is 18.3 Å². The first-order valence-electron chi connectivity index (χ1n) is 6.52. The second-order valence-electron chi connectivity index (χ2n) is 6.39. The fraction of sp³-hybridized carbons (Fsp3) is 0.769. The van der Waals surface area contributed by atoms with Crippen LogP contribution in [-0.4, -0.2) is 18.0 Å². The highest BCUT2D eigenvalue weighted by Crippen LogP contribution is 2.24. The lowest BCUT2D eigenvalue weighted by molar-refractivity contribution is 0.351. The van der Waals surface area contributed by atoms with E-state index in [-0.39, 0.29) is 16.4 Å². The van der Waals surface area contributed by atoms with Crippen LogP contribution >= 0.6 is 10.7 Å². The third kappa shape index (κ3) is 5.15. The molecule has 1 heterocycles. The van der Waals surface area contributed by atoms with E-state index in [1.54, 1.807) is 6.20 Å². The lowest BCUT2D eigenvalue weighted by Gasteiger charge is -2.18. The first-order chi connectivity index (χ1) is 8.50. The maximum Gasteiger partial charge on any atom is 0.280 e. The van der Waals surface area contributed by atoms with Crippen LogP contribution in [0.25, 0.3) is 0 Å². The summed E-state index contributed by atoms with van der Waals surface area (Å²) in [4.78, 5) is 4.14. The molecule has 0 saturated carbocycles. The lowest BCUT2D eigenvalue weighted by Crippen LogP contribution is -2.09. The number of nitrogens with zero attached hydrogens (tertiary/aromatic N) is 2. The SMILES string of the molecule is CC(C)c1nc(S(=O)(=O)Cl)cn1CCCC(C)(C)C. The molecule has 0 unspecified atom stereocenters. The Balaban J connectivity index is 2.90. The fourth-order valence-electron chi connectivity index (χ4n) is 1.94. The van der Waals surface area contributed by atoms with Gasteiger partial charge in [-0.3, -0.25) is 0 Å². The number of aryl methyl sites for hydroxylation is 1. The Morgan fingerprint density at radius 3 is 2.37 bits per heavy atom. The van der Waals surface area contributed by atoms with Gasteiger partial charge in [0.25, 0.3) is 9.05 Å². The molecule has 0 atom stereocenters. The molecule has 0 N–H and O–H groups in total. The molecule has 0 saturated heterocycles. The summed E-state index contributed by atoms with van der Waals surface area (Å²) >= 11 is 0. The van der Waals surface area contributed by atoms with E-state index in [9.17, 15) is 8.42 Å². The third-order valence-corrected chi connectivity index (χ3v) is 4.05. The number of halogens is 1. The summed E-state index contributed by atoms with van der Waals surface area (Å²) in [5.41, 5.74) is 0.278. The summed E-state index contributed by atoms with van der Waals surface area (Å²) in [6, 6.07) is 0. The average molecular weight is 307 g/mol. The van der Waals surface area contributed by atoms with E-state index in [1.165, 1.54) is 0 Å². The van der Waals surface area contributed by atoms with Gasteiger partial charge in [0.2, 0.25) is 0 Å². The van der Waals surface area contributed by atoms with Crippen molar-refractivity contribution in [1.29, 1.82) is 0 Å². The molecule has 110 valence electrons. The van der Waals surface area contributed by atoms with Crippen LogP contribution in [-0.2, 0) is 15.6 Å². The van der Waals surface area contributed by atoms with Crippen LogP contribution in [0, 0.1) is 5.41 Å². The zero-order chi connectivity index (χ0) is 14.8. The van der Waals surface area contributed by atoms with Gasteiger partial charge in [-0.2, -0.15) is 0 Å². The van der Waals surface area contributed by atoms with Crippen LogP contribution in [0.1, 0.15) is 59.2 Å². The second-order valence-corrected chi connectivity index (χ2v) is 8.90. The first kappa shape index (κ1) is 16.5. The minimum Gasteiger partial charge on any atom is -0.333 e. The highest BCUT2D eigenvalue weighted by molar-refractivity contribution is 8.13. The highest BCUT2D eigenvalue weighted by atomic mass is 35.7. The van der Waals surface area contributed by atoms with Crippen LogP contribution in [0.15, 0.2) is 11.2 Å². The smallest absolute Gasteiger partial charge is 0.280 e. The summed E-state index contributed by atoms with van der Waals surface area (Å²) in [5.74, 6) is 0.940. The predicted octanol–water partition coefficient (Wildman–Crippen LogP) is 3.76. The van der Waals surface area contributed by atoms with Crippen molar-refractivity contribution in [2.24, 2.45) is 5.41 Å². The van der Waals surface area contributed by atoms with E-state index >= 15 is 0 Å². The topological polar surface area (TPSA) is 52.0 Å². The van der Waals surface area contributed by atoms with Gasteiger partial charge in [-0.15, -0.1) is 0 Å². The molecule has 0 radical (unpaired) electrons. The molecule has 0 bridgehead atoms. The van der Waals surface area contributed by atoms with Gasteiger partial charge in [0.15, 0.2) is 5.03 Å². The fourth-order valence-corrected chi connectivity index (χ4v) is 2.62. The van der Waals surface area contributed by atoms with Crippen LogP contribution in [0.2, 0.25) is 0 Å². The maximum atomic E-state index is 11.3. The van der Waals surface area contributed by atoms with Crippen molar-refractivity contribution >= 4 is 19.7 Å². The van der Waals surface area contributed by atoms with Crippen LogP contribution < -0.4 is 0 Å². The van der Waals surface area contributed by atoms with Gasteiger partial charge in [0.05, 0.1) is 0 Å². The van der Waals surface area contributed by atoms with Gasteiger partial charge in [0, 0.05) is 29.3 Å². The Morgan fingerprint density at radius 2 is 1.95 bits per heavy atom. The third-order valence-electron chi connectivity index (χ3n) is 2.88. The van der Waals surface area contributed by atoms with Crippen molar-refractivity contribution in [2.45, 2.75) is 64.9 Å². The summed E-state index contributed by atoms with van der Waals surface area (Å²) in [5, 5.41) is -0.0476. The summed E-state index contributed by atoms with van der Waals surface area (Å²) in [6.07, 6.45) is 3.60. The number of hydrogen-bond donors (Lipinski definition) is 0. The molecule has 1 aromatic heterocycles. The molecule has 0 aliphatic rings. The minimum absolute atomic E-state index is 0.0476. The standard InChI is InChI=1S/C13H23ClN2O2S/c1-10(2)12-15-11(19(14,17)18)9-16(12)8-6-7-13(3,4)5/h9-10H,6-8H2,1-5H3. The molecule has 6 heteroatoms. The Kier molecular flexibility index (Phi) is 5.07. The average Bonchev–Trinajstić information content (AvgIpc) is 2.59.